The van der Waals surface area contributed by atoms with Crippen LogP contribution in [0.3, 0.4) is 0 Å². The van der Waals surface area contributed by atoms with Crippen LogP contribution in [0.1, 0.15) is 22.8 Å². The van der Waals surface area contributed by atoms with Gasteiger partial charge in [-0.25, -0.2) is 0 Å². The maximum Gasteiger partial charge on any atom is 0.269 e. The zero-order valence-electron chi connectivity index (χ0n) is 18.0. The predicted molar refractivity (Wildman–Crippen MR) is 136 cm³/mol. The highest BCUT2D eigenvalue weighted by atomic mass is 32.2. The SMILES string of the molecule is O=[N+]([O-])c1ccc([C@@H](O)[C@H](CO)NP2(=O)C=C(c3ccccc3)SC(c3ccccc3)=C2)cc1. The monoisotopic (exact) mass is 494 g/mol. The van der Waals surface area contributed by atoms with Crippen LogP contribution in [0.2, 0.25) is 0 Å². The van der Waals surface area contributed by atoms with E-state index in [1.165, 1.54) is 36.0 Å². The van der Waals surface area contributed by atoms with Gasteiger partial charge in [0.25, 0.3) is 5.69 Å². The van der Waals surface area contributed by atoms with Crippen molar-refractivity contribution in [1.29, 1.82) is 0 Å². The van der Waals surface area contributed by atoms with Gasteiger partial charge in [0.1, 0.15) is 0 Å². The summed E-state index contributed by atoms with van der Waals surface area (Å²) in [7, 11) is -3.35. The Labute approximate surface area is 201 Å². The normalized spacial score (nSPS) is 16.8. The van der Waals surface area contributed by atoms with Crippen molar-refractivity contribution in [3.63, 3.8) is 0 Å². The van der Waals surface area contributed by atoms with Gasteiger partial charge >= 0.3 is 0 Å². The van der Waals surface area contributed by atoms with Gasteiger partial charge in [0.05, 0.1) is 23.7 Å². The standard InChI is InChI=1S/C25H23N2O5PS/c28-15-22(25(29)20-11-13-21(14-12-20)27(30)31)26-33(32)16-23(18-7-3-1-4-8-18)34-24(17-33)19-9-5-2-6-10-19/h1-14,16-17,22,25,28-29H,15H2,(H,26,32)/t22-,25+/m0/s1. The van der Waals surface area contributed by atoms with Crippen molar-refractivity contribution in [1.82, 2.24) is 5.09 Å². The highest BCUT2D eigenvalue weighted by Crippen LogP contribution is 2.59. The summed E-state index contributed by atoms with van der Waals surface area (Å²) in [5.41, 5.74) is 2.09. The first kappa shape index (κ1) is 24.1. The lowest BCUT2D eigenvalue weighted by Gasteiger charge is -2.28. The Bertz CT molecular complexity index is 1200. The number of hydrogen-bond acceptors (Lipinski definition) is 6. The predicted octanol–water partition coefficient (Wildman–Crippen LogP) is 5.60. The zero-order valence-corrected chi connectivity index (χ0v) is 19.7. The van der Waals surface area contributed by atoms with Crippen LogP contribution in [0.4, 0.5) is 5.69 Å². The van der Waals surface area contributed by atoms with E-state index in [1.54, 1.807) is 11.6 Å². The molecule has 174 valence electrons. The number of benzene rings is 3. The molecular weight excluding hydrogens is 471 g/mol. The molecule has 0 aromatic heterocycles. The number of non-ortho nitro benzene ring substituents is 1. The minimum Gasteiger partial charge on any atom is -0.395 e. The number of rotatable bonds is 8. The average Bonchev–Trinajstić information content (AvgIpc) is 2.87. The lowest BCUT2D eigenvalue weighted by atomic mass is 10.0. The first-order valence-corrected chi connectivity index (χ1v) is 13.2. The number of hydrogen-bond donors (Lipinski definition) is 3. The molecular formula is C25H23N2O5PS. The van der Waals surface area contributed by atoms with Crippen LogP contribution in [0.15, 0.2) is 96.6 Å². The largest absolute Gasteiger partial charge is 0.395 e. The number of thioether (sulfide) groups is 1. The van der Waals surface area contributed by atoms with E-state index < -0.39 is 31.0 Å². The van der Waals surface area contributed by atoms with Gasteiger partial charge in [-0.05, 0) is 28.8 Å². The number of nitrogens with one attached hydrogen (secondary N) is 1. The number of nitrogens with zero attached hydrogens (tertiary/aromatic N) is 1. The summed E-state index contributed by atoms with van der Waals surface area (Å²) in [6.07, 6.45) is -1.23. The summed E-state index contributed by atoms with van der Waals surface area (Å²) in [6.45, 7) is -0.488. The van der Waals surface area contributed by atoms with Crippen LogP contribution in [-0.4, -0.2) is 27.8 Å². The van der Waals surface area contributed by atoms with Crippen molar-refractivity contribution in [2.45, 2.75) is 12.1 Å². The molecule has 7 nitrogen and oxygen atoms in total. The minimum absolute atomic E-state index is 0.104. The van der Waals surface area contributed by atoms with Crippen LogP contribution in [0.25, 0.3) is 9.81 Å². The summed E-state index contributed by atoms with van der Waals surface area (Å²) < 4.78 is 14.1. The molecule has 9 heteroatoms. The van der Waals surface area contributed by atoms with E-state index in [2.05, 4.69) is 5.09 Å². The third-order valence-corrected chi connectivity index (χ3v) is 8.86. The lowest BCUT2D eigenvalue weighted by Crippen LogP contribution is -2.35. The first-order chi connectivity index (χ1) is 16.4. The van der Waals surface area contributed by atoms with Crippen LogP contribution in [0.5, 0.6) is 0 Å². The van der Waals surface area contributed by atoms with Crippen LogP contribution < -0.4 is 5.09 Å². The van der Waals surface area contributed by atoms with Gasteiger partial charge in [0, 0.05) is 33.6 Å². The molecule has 1 aliphatic heterocycles. The first-order valence-electron chi connectivity index (χ1n) is 10.5. The molecule has 3 aromatic carbocycles. The lowest BCUT2D eigenvalue weighted by molar-refractivity contribution is -0.384. The van der Waals surface area contributed by atoms with Gasteiger partial charge in [-0.2, -0.15) is 0 Å². The van der Waals surface area contributed by atoms with E-state index in [4.69, 9.17) is 0 Å². The number of aliphatic hydroxyl groups excluding tert-OH is 2. The van der Waals surface area contributed by atoms with E-state index in [0.717, 1.165) is 20.9 Å². The summed E-state index contributed by atoms with van der Waals surface area (Å²) in [6, 6.07) is 23.7. The number of nitro groups is 1. The molecule has 3 aromatic rings. The highest BCUT2D eigenvalue weighted by Gasteiger charge is 2.31. The molecule has 0 aliphatic carbocycles. The molecule has 0 unspecified atom stereocenters. The Morgan fingerprint density at radius 2 is 1.38 bits per heavy atom. The molecule has 3 N–H and O–H groups in total. The maximum absolute atomic E-state index is 14.1. The second-order valence-electron chi connectivity index (χ2n) is 7.74. The molecule has 1 aliphatic rings. The Kier molecular flexibility index (Phi) is 7.46. The fraction of sp³-hybridized carbons (Fsp3) is 0.120. The molecule has 34 heavy (non-hydrogen) atoms. The second kappa shape index (κ2) is 10.5. The van der Waals surface area contributed by atoms with E-state index in [0.29, 0.717) is 5.56 Å². The molecule has 0 amide bonds. The Morgan fingerprint density at radius 3 is 1.82 bits per heavy atom. The molecule has 0 bridgehead atoms. The quantitative estimate of drug-likeness (QED) is 0.212. The van der Waals surface area contributed by atoms with E-state index in [-0.39, 0.29) is 5.69 Å². The van der Waals surface area contributed by atoms with Crippen LogP contribution in [-0.2, 0) is 4.57 Å². The molecule has 2 atom stereocenters. The Morgan fingerprint density at radius 1 is 0.882 bits per heavy atom. The van der Waals surface area contributed by atoms with Crippen molar-refractivity contribution < 1.29 is 19.7 Å². The molecule has 0 saturated carbocycles. The second-order valence-corrected chi connectivity index (χ2v) is 11.0. The number of aliphatic hydroxyl groups is 2. The summed E-state index contributed by atoms with van der Waals surface area (Å²) >= 11 is 1.50. The van der Waals surface area contributed by atoms with Gasteiger partial charge in [0.15, 0.2) is 7.29 Å². The molecule has 1 heterocycles. The third kappa shape index (κ3) is 5.55. The summed E-state index contributed by atoms with van der Waals surface area (Å²) in [5.74, 6) is 3.31. The maximum atomic E-state index is 14.1. The van der Waals surface area contributed by atoms with Crippen molar-refractivity contribution in [2.24, 2.45) is 0 Å². The molecule has 0 radical (unpaired) electrons. The zero-order chi connectivity index (χ0) is 24.1. The fourth-order valence-electron chi connectivity index (χ4n) is 3.60. The van der Waals surface area contributed by atoms with Crippen molar-refractivity contribution in [3.8, 4) is 0 Å². The van der Waals surface area contributed by atoms with Crippen molar-refractivity contribution in [2.75, 3.05) is 6.61 Å². The average molecular weight is 495 g/mol. The van der Waals surface area contributed by atoms with Gasteiger partial charge in [0.2, 0.25) is 0 Å². The summed E-state index contributed by atoms with van der Waals surface area (Å²) in [4.78, 5) is 12.0. The minimum atomic E-state index is -3.35. The van der Waals surface area contributed by atoms with E-state index >= 15 is 0 Å². The van der Waals surface area contributed by atoms with Gasteiger partial charge < -0.3 is 10.2 Å². The van der Waals surface area contributed by atoms with Gasteiger partial charge in [-0.15, -0.1) is 0 Å². The van der Waals surface area contributed by atoms with Gasteiger partial charge in [-0.1, -0.05) is 72.4 Å². The summed E-state index contributed by atoms with van der Waals surface area (Å²) in [5, 5.41) is 34.8. The Hall–Kier alpha value is -3.00. The van der Waals surface area contributed by atoms with Crippen molar-refractivity contribution >= 4 is 34.6 Å². The Balaban J connectivity index is 1.67. The van der Waals surface area contributed by atoms with Gasteiger partial charge in [-0.3, -0.25) is 19.8 Å². The molecule has 4 rings (SSSR count). The fourth-order valence-corrected chi connectivity index (χ4v) is 7.66. The van der Waals surface area contributed by atoms with E-state index in [9.17, 15) is 24.9 Å². The topological polar surface area (TPSA) is 113 Å². The van der Waals surface area contributed by atoms with Crippen LogP contribution in [0, 0.1) is 10.1 Å². The molecule has 0 saturated heterocycles. The number of nitro benzene ring substituents is 1. The molecule has 0 fully saturated rings. The molecule has 0 spiro atoms. The third-order valence-electron chi connectivity index (χ3n) is 5.35. The van der Waals surface area contributed by atoms with Crippen LogP contribution >= 0.6 is 19.1 Å². The van der Waals surface area contributed by atoms with E-state index in [1.807, 2.05) is 60.7 Å². The van der Waals surface area contributed by atoms with Crippen molar-refractivity contribution in [3.05, 3.63) is 123 Å². The smallest absolute Gasteiger partial charge is 0.269 e. The highest BCUT2D eigenvalue weighted by molar-refractivity contribution is 8.17.